The van der Waals surface area contributed by atoms with Crippen LogP contribution in [0.5, 0.6) is 0 Å². The third-order valence-electron chi connectivity index (χ3n) is 3.90. The number of nitrogens with one attached hydrogen (secondary N) is 1. The van der Waals surface area contributed by atoms with Gasteiger partial charge in [-0.2, -0.15) is 5.10 Å². The average Bonchev–Trinajstić information content (AvgIpc) is 2.64. The van der Waals surface area contributed by atoms with Crippen LogP contribution in [0.4, 0.5) is 11.4 Å². The molecule has 0 radical (unpaired) electrons. The SMILES string of the molecule is CN(C)c1ccc(NC(=O)Cn2nc(-c3ccccc3)ccc2=O)cc1. The van der Waals surface area contributed by atoms with Gasteiger partial charge < -0.3 is 10.2 Å². The van der Waals surface area contributed by atoms with Crippen molar-refractivity contribution in [3.8, 4) is 11.3 Å². The molecule has 0 unspecified atom stereocenters. The molecular formula is C20H20N4O2. The number of carbonyl (C=O) groups is 1. The Balaban J connectivity index is 1.74. The van der Waals surface area contributed by atoms with Crippen molar-refractivity contribution in [3.05, 3.63) is 77.1 Å². The fourth-order valence-corrected chi connectivity index (χ4v) is 2.50. The lowest BCUT2D eigenvalue weighted by Crippen LogP contribution is -2.29. The molecule has 0 saturated heterocycles. The highest BCUT2D eigenvalue weighted by Gasteiger charge is 2.08. The van der Waals surface area contributed by atoms with Gasteiger partial charge in [-0.15, -0.1) is 0 Å². The molecule has 0 bridgehead atoms. The first-order valence-corrected chi connectivity index (χ1v) is 8.24. The summed E-state index contributed by atoms with van der Waals surface area (Å²) in [6.45, 7) is -0.144. The lowest BCUT2D eigenvalue weighted by Gasteiger charge is -2.13. The number of hydrogen-bond donors (Lipinski definition) is 1. The minimum atomic E-state index is -0.317. The second kappa shape index (κ2) is 7.65. The van der Waals surface area contributed by atoms with Crippen LogP contribution >= 0.6 is 0 Å². The Labute approximate surface area is 151 Å². The number of hydrogen-bond acceptors (Lipinski definition) is 4. The quantitative estimate of drug-likeness (QED) is 0.770. The summed E-state index contributed by atoms with van der Waals surface area (Å²) in [5, 5.41) is 7.08. The van der Waals surface area contributed by atoms with E-state index in [2.05, 4.69) is 10.4 Å². The predicted octanol–water partition coefficient (Wildman–Crippen LogP) is 2.62. The van der Waals surface area contributed by atoms with Crippen molar-refractivity contribution < 1.29 is 4.79 Å². The summed E-state index contributed by atoms with van der Waals surface area (Å²) < 4.78 is 1.17. The molecule has 6 nitrogen and oxygen atoms in total. The van der Waals surface area contributed by atoms with E-state index in [1.54, 1.807) is 6.07 Å². The van der Waals surface area contributed by atoms with Gasteiger partial charge in [-0.1, -0.05) is 30.3 Å². The van der Waals surface area contributed by atoms with Gasteiger partial charge in [-0.25, -0.2) is 4.68 Å². The second-order valence-corrected chi connectivity index (χ2v) is 6.07. The zero-order valence-corrected chi connectivity index (χ0v) is 14.7. The minimum Gasteiger partial charge on any atom is -0.378 e. The Morgan fingerprint density at radius 1 is 1.00 bits per heavy atom. The van der Waals surface area contributed by atoms with Crippen LogP contribution in [-0.2, 0) is 11.3 Å². The summed E-state index contributed by atoms with van der Waals surface area (Å²) in [7, 11) is 3.90. The van der Waals surface area contributed by atoms with Crippen LogP contribution in [0.2, 0.25) is 0 Å². The molecule has 1 aromatic heterocycles. The molecular weight excluding hydrogens is 328 g/mol. The molecule has 26 heavy (non-hydrogen) atoms. The van der Waals surface area contributed by atoms with Crippen molar-refractivity contribution >= 4 is 17.3 Å². The van der Waals surface area contributed by atoms with Crippen LogP contribution in [-0.4, -0.2) is 29.8 Å². The molecule has 0 saturated carbocycles. The maximum Gasteiger partial charge on any atom is 0.267 e. The lowest BCUT2D eigenvalue weighted by atomic mass is 10.1. The van der Waals surface area contributed by atoms with Crippen molar-refractivity contribution in [2.24, 2.45) is 0 Å². The number of benzene rings is 2. The van der Waals surface area contributed by atoms with Gasteiger partial charge in [0.2, 0.25) is 5.91 Å². The molecule has 3 aromatic rings. The van der Waals surface area contributed by atoms with Crippen LogP contribution in [0.15, 0.2) is 71.5 Å². The zero-order chi connectivity index (χ0) is 18.5. The largest absolute Gasteiger partial charge is 0.378 e. The van der Waals surface area contributed by atoms with E-state index in [1.807, 2.05) is 73.6 Å². The summed E-state index contributed by atoms with van der Waals surface area (Å²) in [6.07, 6.45) is 0. The third-order valence-corrected chi connectivity index (χ3v) is 3.90. The number of aromatic nitrogens is 2. The van der Waals surface area contributed by atoms with E-state index in [-0.39, 0.29) is 18.0 Å². The van der Waals surface area contributed by atoms with Gasteiger partial charge in [-0.3, -0.25) is 9.59 Å². The van der Waals surface area contributed by atoms with E-state index in [0.29, 0.717) is 11.4 Å². The first-order valence-electron chi connectivity index (χ1n) is 8.24. The summed E-state index contributed by atoms with van der Waals surface area (Å²) in [6, 6.07) is 20.1. The molecule has 0 fully saturated rings. The van der Waals surface area contributed by atoms with Crippen molar-refractivity contribution in [2.45, 2.75) is 6.54 Å². The second-order valence-electron chi connectivity index (χ2n) is 6.07. The first kappa shape index (κ1) is 17.4. The fourth-order valence-electron chi connectivity index (χ4n) is 2.50. The van der Waals surface area contributed by atoms with E-state index in [4.69, 9.17) is 0 Å². The molecule has 1 N–H and O–H groups in total. The molecule has 0 aliphatic carbocycles. The molecule has 2 aromatic carbocycles. The average molecular weight is 348 g/mol. The van der Waals surface area contributed by atoms with E-state index < -0.39 is 0 Å². The van der Waals surface area contributed by atoms with Crippen molar-refractivity contribution in [1.82, 2.24) is 9.78 Å². The van der Waals surface area contributed by atoms with Crippen molar-refractivity contribution in [2.75, 3.05) is 24.3 Å². The fraction of sp³-hybridized carbons (Fsp3) is 0.150. The summed E-state index contributed by atoms with van der Waals surface area (Å²) in [5.74, 6) is -0.303. The molecule has 132 valence electrons. The highest BCUT2D eigenvalue weighted by molar-refractivity contribution is 5.90. The molecule has 0 atom stereocenters. The van der Waals surface area contributed by atoms with Gasteiger partial charge in [-0.05, 0) is 30.3 Å². The molecule has 0 spiro atoms. The smallest absolute Gasteiger partial charge is 0.267 e. The van der Waals surface area contributed by atoms with Gasteiger partial charge in [0.05, 0.1) is 5.69 Å². The Morgan fingerprint density at radius 2 is 1.69 bits per heavy atom. The Kier molecular flexibility index (Phi) is 5.12. The molecule has 1 amide bonds. The Morgan fingerprint density at radius 3 is 2.35 bits per heavy atom. The standard InChI is InChI=1S/C20H20N4O2/c1-23(2)17-10-8-16(9-11-17)21-19(25)14-24-20(26)13-12-18(22-24)15-6-4-3-5-7-15/h3-13H,14H2,1-2H3,(H,21,25). The van der Waals surface area contributed by atoms with Crippen molar-refractivity contribution in [1.29, 1.82) is 0 Å². The van der Waals surface area contributed by atoms with Gasteiger partial charge in [0.25, 0.3) is 5.56 Å². The highest BCUT2D eigenvalue weighted by atomic mass is 16.2. The summed E-state index contributed by atoms with van der Waals surface area (Å²) in [4.78, 5) is 26.3. The molecule has 3 rings (SSSR count). The number of amides is 1. The molecule has 1 heterocycles. The Hall–Kier alpha value is -3.41. The van der Waals surface area contributed by atoms with Gasteiger partial charge in [0.15, 0.2) is 0 Å². The van der Waals surface area contributed by atoms with Crippen LogP contribution in [0, 0.1) is 0 Å². The Bertz CT molecular complexity index is 948. The van der Waals surface area contributed by atoms with E-state index in [0.717, 1.165) is 11.3 Å². The van der Waals surface area contributed by atoms with Crippen molar-refractivity contribution in [3.63, 3.8) is 0 Å². The van der Waals surface area contributed by atoms with E-state index in [1.165, 1.54) is 10.7 Å². The van der Waals surface area contributed by atoms with Crippen LogP contribution < -0.4 is 15.8 Å². The zero-order valence-electron chi connectivity index (χ0n) is 14.7. The number of anilines is 2. The maximum atomic E-state index is 12.3. The first-order chi connectivity index (χ1) is 12.5. The summed E-state index contributed by atoms with van der Waals surface area (Å²) in [5.41, 5.74) is 2.93. The normalized spacial score (nSPS) is 10.4. The van der Waals surface area contributed by atoms with Crippen LogP contribution in [0.3, 0.4) is 0 Å². The topological polar surface area (TPSA) is 67.2 Å². The summed E-state index contributed by atoms with van der Waals surface area (Å²) >= 11 is 0. The minimum absolute atomic E-state index is 0.144. The maximum absolute atomic E-state index is 12.3. The molecule has 6 heteroatoms. The predicted molar refractivity (Wildman–Crippen MR) is 103 cm³/mol. The van der Waals surface area contributed by atoms with E-state index in [9.17, 15) is 9.59 Å². The van der Waals surface area contributed by atoms with Gasteiger partial charge in [0, 0.05) is 37.1 Å². The lowest BCUT2D eigenvalue weighted by molar-refractivity contribution is -0.117. The van der Waals surface area contributed by atoms with Gasteiger partial charge in [0.1, 0.15) is 6.54 Å². The molecule has 0 aliphatic rings. The van der Waals surface area contributed by atoms with Crippen LogP contribution in [0.25, 0.3) is 11.3 Å². The monoisotopic (exact) mass is 348 g/mol. The van der Waals surface area contributed by atoms with Crippen LogP contribution in [0.1, 0.15) is 0 Å². The number of carbonyl (C=O) groups excluding carboxylic acids is 1. The number of rotatable bonds is 5. The highest BCUT2D eigenvalue weighted by Crippen LogP contribution is 2.16. The van der Waals surface area contributed by atoms with Gasteiger partial charge >= 0.3 is 0 Å². The van der Waals surface area contributed by atoms with E-state index >= 15 is 0 Å². The molecule has 0 aliphatic heterocycles. The third kappa shape index (κ3) is 4.16. The number of nitrogens with zero attached hydrogens (tertiary/aromatic N) is 3.